The number of hydrogen-bond donors (Lipinski definition) is 0. The van der Waals surface area contributed by atoms with Crippen LogP contribution in [0, 0.1) is 5.21 Å². The van der Waals surface area contributed by atoms with Gasteiger partial charge in [0.1, 0.15) is 0 Å². The van der Waals surface area contributed by atoms with Crippen LogP contribution in [0.25, 0.3) is 0 Å². The summed E-state index contributed by atoms with van der Waals surface area (Å²) in [5.74, 6) is 0.0297. The number of benzene rings is 1. The molecule has 0 unspecified atom stereocenters. The van der Waals surface area contributed by atoms with E-state index in [-0.39, 0.29) is 5.78 Å². The van der Waals surface area contributed by atoms with Gasteiger partial charge < -0.3 is 5.21 Å². The Labute approximate surface area is 112 Å². The average Bonchev–Trinajstić information content (AvgIpc) is 2.33. The van der Waals surface area contributed by atoms with Crippen molar-refractivity contribution >= 4 is 23.6 Å². The highest BCUT2D eigenvalue weighted by Gasteiger charge is 2.42. The molecule has 18 heavy (non-hydrogen) atoms. The molecule has 1 aliphatic rings. The highest BCUT2D eigenvalue weighted by molar-refractivity contribution is 6.30. The molecule has 0 spiro atoms. The van der Waals surface area contributed by atoms with Gasteiger partial charge in [-0.3, -0.25) is 4.79 Å². The number of ketones is 1. The van der Waals surface area contributed by atoms with Gasteiger partial charge in [0.25, 0.3) is 0 Å². The monoisotopic (exact) mass is 265 g/mol. The van der Waals surface area contributed by atoms with Gasteiger partial charge in [0, 0.05) is 30.4 Å². The van der Waals surface area contributed by atoms with Crippen molar-refractivity contribution in [2.24, 2.45) is 0 Å². The van der Waals surface area contributed by atoms with E-state index in [0.717, 1.165) is 23.1 Å². The molecule has 4 heteroatoms. The first-order chi connectivity index (χ1) is 8.52. The summed E-state index contributed by atoms with van der Waals surface area (Å²) in [6, 6.07) is 7.05. The minimum absolute atomic E-state index is 0.0297. The van der Waals surface area contributed by atoms with E-state index in [0.29, 0.717) is 17.9 Å². The van der Waals surface area contributed by atoms with Gasteiger partial charge in [-0.2, -0.15) is 4.74 Å². The second kappa shape index (κ2) is 5.11. The minimum Gasteiger partial charge on any atom is -0.623 e. The molecule has 1 fully saturated rings. The van der Waals surface area contributed by atoms with Crippen LogP contribution in [0.4, 0.5) is 0 Å². The normalized spacial score (nSPS) is 25.2. The molecule has 1 aromatic rings. The highest BCUT2D eigenvalue weighted by atomic mass is 35.5. The summed E-state index contributed by atoms with van der Waals surface area (Å²) >= 11 is 5.87. The smallest absolute Gasteiger partial charge is 0.227 e. The molecule has 0 radical (unpaired) electrons. The molecular weight excluding hydrogens is 250 g/mol. The summed E-state index contributed by atoms with van der Waals surface area (Å²) in [7, 11) is 0. The number of nitrogens with zero attached hydrogens (tertiary/aromatic N) is 1. The maximum atomic E-state index is 12.2. The summed E-state index contributed by atoms with van der Waals surface area (Å²) in [4.78, 5) is 11.9. The largest absolute Gasteiger partial charge is 0.623 e. The van der Waals surface area contributed by atoms with Gasteiger partial charge >= 0.3 is 0 Å². The Morgan fingerprint density at radius 3 is 2.89 bits per heavy atom. The highest BCUT2D eigenvalue weighted by Crippen LogP contribution is 2.27. The molecule has 0 aliphatic heterocycles. The number of carbonyl (C=O) groups is 1. The molecule has 2 rings (SSSR count). The Morgan fingerprint density at radius 1 is 1.44 bits per heavy atom. The van der Waals surface area contributed by atoms with E-state index in [4.69, 9.17) is 11.6 Å². The van der Waals surface area contributed by atoms with Crippen molar-refractivity contribution in [3.8, 4) is 0 Å². The summed E-state index contributed by atoms with van der Waals surface area (Å²) in [5.41, 5.74) is -0.197. The zero-order valence-electron chi connectivity index (χ0n) is 10.4. The Bertz CT molecular complexity index is 498. The molecule has 1 aliphatic carbocycles. The van der Waals surface area contributed by atoms with Crippen LogP contribution in [0.3, 0.4) is 0 Å². The Hall–Kier alpha value is -1.35. The molecular formula is C14H16ClNO2. The molecule has 0 heterocycles. The summed E-state index contributed by atoms with van der Waals surface area (Å²) in [5, 5.41) is 12.8. The van der Waals surface area contributed by atoms with Crippen molar-refractivity contribution in [2.45, 2.75) is 38.1 Å². The van der Waals surface area contributed by atoms with E-state index in [1.54, 1.807) is 31.2 Å². The fourth-order valence-corrected chi connectivity index (χ4v) is 2.46. The van der Waals surface area contributed by atoms with Gasteiger partial charge in [-0.15, -0.1) is 0 Å². The molecule has 1 aromatic carbocycles. The van der Waals surface area contributed by atoms with Crippen LogP contribution in [0.5, 0.6) is 0 Å². The van der Waals surface area contributed by atoms with Crippen molar-refractivity contribution in [3.05, 3.63) is 40.1 Å². The van der Waals surface area contributed by atoms with Crippen LogP contribution in [0.1, 0.15) is 38.2 Å². The number of rotatable bonds is 2. The van der Waals surface area contributed by atoms with Crippen LogP contribution >= 0.6 is 11.6 Å². The predicted molar refractivity (Wildman–Crippen MR) is 72.1 cm³/mol. The van der Waals surface area contributed by atoms with Crippen molar-refractivity contribution in [1.29, 1.82) is 0 Å². The lowest BCUT2D eigenvalue weighted by Gasteiger charge is -2.30. The van der Waals surface area contributed by atoms with Crippen molar-refractivity contribution in [2.75, 3.05) is 0 Å². The zero-order chi connectivity index (χ0) is 13.2. The van der Waals surface area contributed by atoms with Crippen LogP contribution < -0.4 is 0 Å². The maximum absolute atomic E-state index is 12.2. The number of hydrogen-bond acceptors (Lipinski definition) is 2. The fourth-order valence-electron chi connectivity index (χ4n) is 2.26. The van der Waals surface area contributed by atoms with Crippen LogP contribution in [0.2, 0.25) is 5.02 Å². The fraction of sp³-hybridized carbons (Fsp3) is 0.429. The van der Waals surface area contributed by atoms with Gasteiger partial charge in [-0.1, -0.05) is 17.7 Å². The molecule has 3 nitrogen and oxygen atoms in total. The van der Waals surface area contributed by atoms with Crippen molar-refractivity contribution < 1.29 is 9.53 Å². The average molecular weight is 266 g/mol. The number of hydroxylamine groups is 1. The van der Waals surface area contributed by atoms with E-state index >= 15 is 0 Å². The summed E-state index contributed by atoms with van der Waals surface area (Å²) < 4.78 is 0.792. The number of carbonyl (C=O) groups excluding carboxylic acids is 1. The topological polar surface area (TPSA) is 43.1 Å². The lowest BCUT2D eigenvalue weighted by molar-refractivity contribution is -0.525. The van der Waals surface area contributed by atoms with Crippen molar-refractivity contribution in [1.82, 2.24) is 0 Å². The third kappa shape index (κ3) is 2.56. The van der Waals surface area contributed by atoms with Gasteiger partial charge in [0.15, 0.2) is 6.21 Å². The molecule has 1 saturated carbocycles. The van der Waals surface area contributed by atoms with E-state index < -0.39 is 5.54 Å². The molecule has 96 valence electrons. The van der Waals surface area contributed by atoms with Gasteiger partial charge in [0.05, 0.1) is 0 Å². The first-order valence-corrected chi connectivity index (χ1v) is 6.50. The molecule has 0 bridgehead atoms. The predicted octanol–water partition coefficient (Wildman–Crippen LogP) is 3.17. The summed E-state index contributed by atoms with van der Waals surface area (Å²) in [6.45, 7) is 1.72. The minimum atomic E-state index is -0.916. The Kier molecular flexibility index (Phi) is 3.71. The molecule has 0 saturated heterocycles. The second-order valence-electron chi connectivity index (χ2n) is 4.91. The molecule has 1 atom stereocenters. The van der Waals surface area contributed by atoms with Gasteiger partial charge in [-0.25, -0.2) is 0 Å². The summed E-state index contributed by atoms with van der Waals surface area (Å²) in [6.07, 6.45) is 4.38. The van der Waals surface area contributed by atoms with Crippen molar-refractivity contribution in [3.63, 3.8) is 0 Å². The van der Waals surface area contributed by atoms with Gasteiger partial charge in [0.2, 0.25) is 11.3 Å². The molecule has 0 amide bonds. The van der Waals surface area contributed by atoms with Crippen LogP contribution in [-0.4, -0.2) is 22.3 Å². The lowest BCUT2D eigenvalue weighted by atomic mass is 9.82. The zero-order valence-corrected chi connectivity index (χ0v) is 11.1. The Morgan fingerprint density at radius 2 is 2.22 bits per heavy atom. The van der Waals surface area contributed by atoms with Crippen LogP contribution in [0.15, 0.2) is 24.3 Å². The van der Waals surface area contributed by atoms with E-state index in [1.165, 1.54) is 6.21 Å². The third-order valence-electron chi connectivity index (χ3n) is 3.52. The first kappa shape index (κ1) is 13.1. The molecule has 0 N–H and O–H groups in total. The quantitative estimate of drug-likeness (QED) is 0.357. The SMILES string of the molecule is C[C@@]1(/[N+]([O-])=C/c2cccc(Cl)c2)CCCCC1=O. The number of Topliss-reactive ketones (excluding diaryl/α,β-unsaturated/α-hetero) is 1. The number of halogens is 1. The maximum Gasteiger partial charge on any atom is 0.227 e. The van der Waals surface area contributed by atoms with E-state index in [1.807, 2.05) is 0 Å². The third-order valence-corrected chi connectivity index (χ3v) is 3.75. The standard InChI is InChI=1S/C14H16ClNO2/c1-14(8-3-2-7-13(14)17)16(18)10-11-5-4-6-12(15)9-11/h4-6,9-10H,2-3,7-8H2,1H3/b16-10-/t14-/m1/s1. The van der Waals surface area contributed by atoms with E-state index in [2.05, 4.69) is 0 Å². The second-order valence-corrected chi connectivity index (χ2v) is 5.35. The van der Waals surface area contributed by atoms with Crippen LogP contribution in [-0.2, 0) is 4.79 Å². The molecule has 0 aromatic heterocycles. The first-order valence-electron chi connectivity index (χ1n) is 6.12. The van der Waals surface area contributed by atoms with E-state index in [9.17, 15) is 10.0 Å². The Balaban J connectivity index is 2.29. The lowest BCUT2D eigenvalue weighted by Crippen LogP contribution is -2.46. The van der Waals surface area contributed by atoms with Gasteiger partial charge in [-0.05, 0) is 31.0 Å².